The van der Waals surface area contributed by atoms with Gasteiger partial charge in [-0.2, -0.15) is 0 Å². The second-order valence-electron chi connectivity index (χ2n) is 22.4. The van der Waals surface area contributed by atoms with Gasteiger partial charge in [-0.05, 0) is 129 Å². The van der Waals surface area contributed by atoms with Gasteiger partial charge in [0, 0.05) is 65.8 Å². The van der Waals surface area contributed by atoms with Crippen LogP contribution >= 0.6 is 0 Å². The molecule has 83 heavy (non-hydrogen) atoms. The maximum atomic E-state index is 2.55. The molecule has 0 bridgehead atoms. The van der Waals surface area contributed by atoms with E-state index in [0.29, 0.717) is 0 Å². The van der Waals surface area contributed by atoms with Gasteiger partial charge in [0.2, 0.25) is 0 Å². The maximum Gasteiger partial charge on any atom is 0.113 e. The number of fused-ring (bicyclic) bond motifs is 10. The van der Waals surface area contributed by atoms with Crippen molar-refractivity contribution in [1.29, 1.82) is 0 Å². The average Bonchev–Trinajstić information content (AvgIpc) is 2.48. The van der Waals surface area contributed by atoms with Gasteiger partial charge in [-0.1, -0.05) is 219 Å². The zero-order chi connectivity index (χ0) is 55.2. The Morgan fingerprint density at radius 1 is 0.241 bits per heavy atom. The normalized spacial score (nSPS) is 12.0. The lowest BCUT2D eigenvalue weighted by Crippen LogP contribution is -2.53. The number of hydrogen-bond acceptors (Lipinski definition) is 2. The lowest BCUT2D eigenvalue weighted by Gasteiger charge is -2.33. The predicted octanol–water partition coefficient (Wildman–Crippen LogP) is 20.3. The van der Waals surface area contributed by atoms with E-state index >= 15 is 0 Å². The molecular formula is C78H56N4Si. The van der Waals surface area contributed by atoms with E-state index in [-0.39, 0.29) is 0 Å². The zero-order valence-corrected chi connectivity index (χ0v) is 47.2. The first-order valence-electron chi connectivity index (χ1n) is 28.8. The van der Waals surface area contributed by atoms with E-state index in [4.69, 9.17) is 0 Å². The van der Waals surface area contributed by atoms with Crippen molar-refractivity contribution in [1.82, 2.24) is 9.13 Å². The van der Waals surface area contributed by atoms with Crippen LogP contribution in [-0.2, 0) is 0 Å². The van der Waals surface area contributed by atoms with E-state index in [2.05, 4.69) is 335 Å². The van der Waals surface area contributed by atoms with Gasteiger partial charge in [0.15, 0.2) is 0 Å². The van der Waals surface area contributed by atoms with Crippen molar-refractivity contribution in [2.45, 2.75) is 13.1 Å². The molecule has 0 aliphatic carbocycles. The lowest BCUT2D eigenvalue weighted by atomic mass is 10.0. The quantitative estimate of drug-likeness (QED) is 0.127. The van der Waals surface area contributed by atoms with E-state index in [1.807, 2.05) is 0 Å². The van der Waals surface area contributed by atoms with Crippen LogP contribution in [0.4, 0.5) is 34.1 Å². The zero-order valence-electron chi connectivity index (χ0n) is 46.2. The summed E-state index contributed by atoms with van der Waals surface area (Å²) in [4.78, 5) is 5.03. The Kier molecular flexibility index (Phi) is 11.3. The minimum atomic E-state index is -2.54. The molecule has 0 atom stereocenters. The van der Waals surface area contributed by atoms with Crippen molar-refractivity contribution in [2.75, 3.05) is 9.80 Å². The highest BCUT2D eigenvalue weighted by Crippen LogP contribution is 2.47. The molecule has 0 radical (unpaired) electrons. The van der Waals surface area contributed by atoms with E-state index in [1.54, 1.807) is 0 Å². The van der Waals surface area contributed by atoms with Crippen molar-refractivity contribution in [2.24, 2.45) is 0 Å². The molecule has 14 aromatic carbocycles. The summed E-state index contributed by atoms with van der Waals surface area (Å²) in [5, 5.41) is 17.5. The third-order valence-electron chi connectivity index (χ3n) is 17.5. The minimum absolute atomic E-state index is 1.11. The molecular weight excluding hydrogens is 1020 g/mol. The van der Waals surface area contributed by atoms with E-state index in [9.17, 15) is 0 Å². The highest BCUT2D eigenvalue weighted by molar-refractivity contribution is 7.03. The Balaban J connectivity index is 0.875. The summed E-state index contributed by atoms with van der Waals surface area (Å²) in [6.45, 7) is 5.10. The van der Waals surface area contributed by atoms with E-state index in [1.165, 1.54) is 97.1 Å². The Morgan fingerprint density at radius 2 is 0.566 bits per heavy atom. The molecule has 0 spiro atoms. The van der Waals surface area contributed by atoms with Crippen molar-refractivity contribution in [3.8, 4) is 11.4 Å². The molecule has 0 amide bonds. The third kappa shape index (κ3) is 7.73. The molecule has 2 aromatic heterocycles. The first kappa shape index (κ1) is 48.4. The topological polar surface area (TPSA) is 16.3 Å². The van der Waals surface area contributed by atoms with Crippen molar-refractivity contribution >= 4 is 139 Å². The molecule has 2 heterocycles. The molecule has 392 valence electrons. The van der Waals surface area contributed by atoms with Gasteiger partial charge in [-0.3, -0.25) is 0 Å². The second kappa shape index (κ2) is 19.4. The molecule has 0 aliphatic heterocycles. The van der Waals surface area contributed by atoms with Crippen LogP contribution < -0.4 is 20.2 Å². The molecule has 5 heteroatoms. The van der Waals surface area contributed by atoms with E-state index in [0.717, 1.165) is 45.5 Å². The number of hydrogen-bond donors (Lipinski definition) is 0. The Bertz CT molecular complexity index is 4870. The van der Waals surface area contributed by atoms with Crippen molar-refractivity contribution < 1.29 is 0 Å². The molecule has 0 fully saturated rings. The van der Waals surface area contributed by atoms with E-state index < -0.39 is 8.07 Å². The summed E-state index contributed by atoms with van der Waals surface area (Å²) in [7, 11) is -2.54. The van der Waals surface area contributed by atoms with Gasteiger partial charge in [-0.25, -0.2) is 0 Å². The van der Waals surface area contributed by atoms with Gasteiger partial charge in [0.05, 0.1) is 44.8 Å². The molecule has 0 N–H and O–H groups in total. The minimum Gasteiger partial charge on any atom is -0.309 e. The highest BCUT2D eigenvalue weighted by atomic mass is 28.3. The van der Waals surface area contributed by atoms with Crippen LogP contribution in [0.3, 0.4) is 0 Å². The smallest absolute Gasteiger partial charge is 0.113 e. The summed E-state index contributed by atoms with van der Waals surface area (Å²) < 4.78 is 4.80. The summed E-state index contributed by atoms with van der Waals surface area (Å²) in [5.41, 5.74) is 13.8. The standard InChI is InChI=1S/C78H56N4Si/c1-83(2,77-49-47-73(61-33-13-15-37-65(61)77)81(69-41-21-25-53-23-9-11-31-59(53)69)57-43-45-75-67(51-57)63-35-17-19-39-71(63)79(75)55-27-5-3-6-28-55)78-50-48-74(62-34-14-16-38-66(62)78)82(70-42-22-26-54-24-10-12-32-60(54)70)58-44-46-76-68(52-58)64-36-18-20-40-72(64)80(76)56-29-7-4-8-30-56/h3-52H,1-2H3. The molecule has 0 unspecified atom stereocenters. The monoisotopic (exact) mass is 1080 g/mol. The predicted molar refractivity (Wildman–Crippen MR) is 358 cm³/mol. The maximum absolute atomic E-state index is 2.55. The molecule has 16 aromatic rings. The highest BCUT2D eigenvalue weighted by Gasteiger charge is 2.33. The fraction of sp³-hybridized carbons (Fsp3) is 0.0256. The Labute approximate surface area is 483 Å². The SMILES string of the molecule is C[Si](C)(c1ccc(N(c2ccc3c(c2)c2ccccc2n3-c2ccccc2)c2cccc3ccccc23)c2ccccc12)c1ccc(N(c2ccc3c(c2)c2ccccc2n3-c2ccccc2)c2cccc3ccccc23)c2ccccc12. The van der Waals surface area contributed by atoms with Crippen LogP contribution in [0.2, 0.25) is 13.1 Å². The fourth-order valence-electron chi connectivity index (χ4n) is 13.7. The first-order valence-corrected chi connectivity index (χ1v) is 31.8. The second-order valence-corrected chi connectivity index (χ2v) is 26.8. The summed E-state index contributed by atoms with van der Waals surface area (Å²) in [5.74, 6) is 0. The Hall–Kier alpha value is -10.5. The van der Waals surface area contributed by atoms with Crippen LogP contribution in [0.15, 0.2) is 303 Å². The molecule has 0 aliphatic rings. The number of anilines is 6. The van der Waals surface area contributed by atoms with Crippen molar-refractivity contribution in [3.05, 3.63) is 303 Å². The van der Waals surface area contributed by atoms with Gasteiger partial charge in [0.1, 0.15) is 8.07 Å². The number of para-hydroxylation sites is 4. The summed E-state index contributed by atoms with van der Waals surface area (Å²) in [6.07, 6.45) is 0. The van der Waals surface area contributed by atoms with Crippen LogP contribution in [0.25, 0.3) is 98.1 Å². The first-order chi connectivity index (χ1) is 41.0. The van der Waals surface area contributed by atoms with Gasteiger partial charge >= 0.3 is 0 Å². The number of aromatic nitrogens is 2. The number of rotatable bonds is 10. The molecule has 4 nitrogen and oxygen atoms in total. The van der Waals surface area contributed by atoms with Crippen LogP contribution in [0, 0.1) is 0 Å². The molecule has 16 rings (SSSR count). The van der Waals surface area contributed by atoms with Gasteiger partial charge in [0.25, 0.3) is 0 Å². The summed E-state index contributed by atoms with van der Waals surface area (Å²) >= 11 is 0. The summed E-state index contributed by atoms with van der Waals surface area (Å²) in [6, 6.07) is 112. The lowest BCUT2D eigenvalue weighted by molar-refractivity contribution is 1.18. The molecule has 0 saturated carbocycles. The Morgan fingerprint density at radius 3 is 1.00 bits per heavy atom. The van der Waals surface area contributed by atoms with Gasteiger partial charge < -0.3 is 18.9 Å². The number of benzene rings is 14. The number of nitrogens with zero attached hydrogens (tertiary/aromatic N) is 4. The van der Waals surface area contributed by atoms with Crippen LogP contribution in [0.5, 0.6) is 0 Å². The molecule has 0 saturated heterocycles. The van der Waals surface area contributed by atoms with Gasteiger partial charge in [-0.15, -0.1) is 0 Å². The fourth-order valence-corrected chi connectivity index (χ4v) is 16.8. The third-order valence-corrected chi connectivity index (χ3v) is 21.1. The largest absolute Gasteiger partial charge is 0.309 e. The van der Waals surface area contributed by atoms with Crippen LogP contribution in [-0.4, -0.2) is 17.2 Å². The van der Waals surface area contributed by atoms with Crippen molar-refractivity contribution in [3.63, 3.8) is 0 Å². The van der Waals surface area contributed by atoms with Crippen LogP contribution in [0.1, 0.15) is 0 Å². The average molecular weight is 1080 g/mol.